The molecule has 0 radical (unpaired) electrons. The van der Waals surface area contributed by atoms with Crippen molar-refractivity contribution in [2.24, 2.45) is 17.7 Å². The van der Waals surface area contributed by atoms with Gasteiger partial charge in [-0.1, -0.05) is 19.8 Å². The predicted octanol–water partition coefficient (Wildman–Crippen LogP) is 2.88. The molecular weight excluding hydrogens is 250 g/mol. The van der Waals surface area contributed by atoms with E-state index in [0.29, 0.717) is 11.7 Å². The van der Waals surface area contributed by atoms with Gasteiger partial charge in [0.2, 0.25) is 0 Å². The van der Waals surface area contributed by atoms with Crippen LogP contribution in [0.5, 0.6) is 0 Å². The minimum Gasteiger partial charge on any atom is -0.370 e. The zero-order valence-electron chi connectivity index (χ0n) is 12.2. The number of hydrogen-bond acceptors (Lipinski definition) is 5. The van der Waals surface area contributed by atoms with Gasteiger partial charge in [-0.05, 0) is 37.5 Å². The summed E-state index contributed by atoms with van der Waals surface area (Å²) in [4.78, 5) is 9.06. The fourth-order valence-electron chi connectivity index (χ4n) is 2.94. The topological polar surface area (TPSA) is 75.9 Å². The Labute approximate surface area is 120 Å². The maximum atomic E-state index is 5.49. The van der Waals surface area contributed by atoms with Crippen molar-refractivity contribution in [1.29, 1.82) is 0 Å². The molecule has 0 bridgehead atoms. The van der Waals surface area contributed by atoms with Crippen molar-refractivity contribution in [2.45, 2.75) is 51.4 Å². The lowest BCUT2D eigenvalue weighted by Gasteiger charge is -2.26. The second-order valence-electron chi connectivity index (χ2n) is 6.42. The lowest BCUT2D eigenvalue weighted by Crippen LogP contribution is -2.21. The third kappa shape index (κ3) is 3.39. The van der Waals surface area contributed by atoms with Crippen LogP contribution in [-0.4, -0.2) is 16.5 Å². The molecule has 4 N–H and O–H groups in total. The molecule has 1 aromatic heterocycles. The highest BCUT2D eigenvalue weighted by atomic mass is 15.3. The summed E-state index contributed by atoms with van der Waals surface area (Å²) in [6.45, 7) is 3.37. The molecule has 0 saturated heterocycles. The van der Waals surface area contributed by atoms with Gasteiger partial charge in [-0.2, -0.15) is 0 Å². The summed E-state index contributed by atoms with van der Waals surface area (Å²) in [6.07, 6.45) is 7.79. The fourth-order valence-corrected chi connectivity index (χ4v) is 2.94. The Kier molecular flexibility index (Phi) is 4.05. The third-order valence-corrected chi connectivity index (χ3v) is 4.54. The molecule has 0 spiro atoms. The molecule has 0 atom stereocenters. The SMILES string of the molecule is CC1CCC(CNc2cc(NN)nc(C3CC3)n2)CC1. The van der Waals surface area contributed by atoms with Gasteiger partial charge in [-0.3, -0.25) is 0 Å². The van der Waals surface area contributed by atoms with Crippen LogP contribution >= 0.6 is 0 Å². The summed E-state index contributed by atoms with van der Waals surface area (Å²) in [5.41, 5.74) is 2.64. The molecule has 3 rings (SSSR count). The third-order valence-electron chi connectivity index (χ3n) is 4.54. The van der Waals surface area contributed by atoms with Crippen molar-refractivity contribution in [1.82, 2.24) is 9.97 Å². The number of hydrogen-bond donors (Lipinski definition) is 3. The predicted molar refractivity (Wildman–Crippen MR) is 81.4 cm³/mol. The average Bonchev–Trinajstić information content (AvgIpc) is 3.31. The number of rotatable bonds is 5. The van der Waals surface area contributed by atoms with E-state index in [9.17, 15) is 0 Å². The molecule has 0 aromatic carbocycles. The fraction of sp³-hybridized carbons (Fsp3) is 0.733. The van der Waals surface area contributed by atoms with E-state index in [-0.39, 0.29) is 0 Å². The molecule has 0 unspecified atom stereocenters. The molecule has 2 aliphatic rings. The Morgan fingerprint density at radius 3 is 2.45 bits per heavy atom. The molecule has 2 aliphatic carbocycles. The summed E-state index contributed by atoms with van der Waals surface area (Å²) in [7, 11) is 0. The summed E-state index contributed by atoms with van der Waals surface area (Å²) >= 11 is 0. The van der Waals surface area contributed by atoms with Crippen molar-refractivity contribution < 1.29 is 0 Å². The van der Waals surface area contributed by atoms with E-state index in [0.717, 1.165) is 30.0 Å². The normalized spacial score (nSPS) is 26.3. The van der Waals surface area contributed by atoms with E-state index in [1.165, 1.54) is 38.5 Å². The van der Waals surface area contributed by atoms with Gasteiger partial charge in [-0.25, -0.2) is 15.8 Å². The smallest absolute Gasteiger partial charge is 0.145 e. The molecule has 5 heteroatoms. The Morgan fingerprint density at radius 2 is 1.80 bits per heavy atom. The summed E-state index contributed by atoms with van der Waals surface area (Å²) in [5.74, 6) is 10.3. The van der Waals surface area contributed by atoms with Crippen LogP contribution < -0.4 is 16.6 Å². The van der Waals surface area contributed by atoms with E-state index in [1.807, 2.05) is 6.07 Å². The van der Waals surface area contributed by atoms with Gasteiger partial charge in [0, 0.05) is 18.5 Å². The number of hydrazine groups is 1. The maximum absolute atomic E-state index is 5.49. The zero-order valence-corrected chi connectivity index (χ0v) is 12.2. The Hall–Kier alpha value is -1.36. The van der Waals surface area contributed by atoms with Crippen molar-refractivity contribution in [3.8, 4) is 0 Å². The minimum atomic E-state index is 0.541. The number of aromatic nitrogens is 2. The molecule has 2 fully saturated rings. The lowest BCUT2D eigenvalue weighted by atomic mass is 9.83. The van der Waals surface area contributed by atoms with Crippen LogP contribution in [0.2, 0.25) is 0 Å². The number of nitrogen functional groups attached to an aromatic ring is 1. The highest BCUT2D eigenvalue weighted by Gasteiger charge is 2.27. The molecule has 20 heavy (non-hydrogen) atoms. The lowest BCUT2D eigenvalue weighted by molar-refractivity contribution is 0.300. The van der Waals surface area contributed by atoms with E-state index in [4.69, 9.17) is 5.84 Å². The molecule has 1 heterocycles. The quantitative estimate of drug-likeness (QED) is 0.569. The van der Waals surface area contributed by atoms with Gasteiger partial charge in [-0.15, -0.1) is 0 Å². The molecular formula is C15H25N5. The Balaban J connectivity index is 1.60. The molecule has 0 amide bonds. The number of anilines is 2. The molecule has 1 aromatic rings. The van der Waals surface area contributed by atoms with Gasteiger partial charge in [0.05, 0.1) is 0 Å². The van der Waals surface area contributed by atoms with Crippen molar-refractivity contribution in [3.63, 3.8) is 0 Å². The zero-order chi connectivity index (χ0) is 13.9. The average molecular weight is 275 g/mol. The first-order valence-corrected chi connectivity index (χ1v) is 7.84. The van der Waals surface area contributed by atoms with Crippen molar-refractivity contribution in [2.75, 3.05) is 17.3 Å². The summed E-state index contributed by atoms with van der Waals surface area (Å²) in [6, 6.07) is 1.90. The van der Waals surface area contributed by atoms with E-state index in [2.05, 4.69) is 27.6 Å². The number of nitrogens with zero attached hydrogens (tertiary/aromatic N) is 2. The van der Waals surface area contributed by atoms with Crippen LogP contribution in [0.15, 0.2) is 6.07 Å². The van der Waals surface area contributed by atoms with Crippen LogP contribution in [0.3, 0.4) is 0 Å². The van der Waals surface area contributed by atoms with Gasteiger partial charge in [0.15, 0.2) is 0 Å². The van der Waals surface area contributed by atoms with Crippen molar-refractivity contribution in [3.05, 3.63) is 11.9 Å². The van der Waals surface area contributed by atoms with Gasteiger partial charge >= 0.3 is 0 Å². The van der Waals surface area contributed by atoms with Crippen molar-refractivity contribution >= 4 is 11.6 Å². The summed E-state index contributed by atoms with van der Waals surface area (Å²) < 4.78 is 0. The Morgan fingerprint density at radius 1 is 1.10 bits per heavy atom. The molecule has 0 aliphatic heterocycles. The van der Waals surface area contributed by atoms with Crippen LogP contribution in [-0.2, 0) is 0 Å². The van der Waals surface area contributed by atoms with Crippen LogP contribution in [0.1, 0.15) is 57.2 Å². The van der Waals surface area contributed by atoms with Crippen LogP contribution in [0.25, 0.3) is 0 Å². The maximum Gasteiger partial charge on any atom is 0.145 e. The highest BCUT2D eigenvalue weighted by molar-refractivity contribution is 5.47. The largest absolute Gasteiger partial charge is 0.370 e. The standard InChI is InChI=1S/C15H25N5/c1-10-2-4-11(5-3-10)9-17-13-8-14(20-16)19-15(18-13)12-6-7-12/h8,10-12H,2-7,9,16H2,1H3,(H2,17,18,19,20). The van der Waals surface area contributed by atoms with Crippen LogP contribution in [0.4, 0.5) is 11.6 Å². The van der Waals surface area contributed by atoms with E-state index < -0.39 is 0 Å². The minimum absolute atomic E-state index is 0.541. The second kappa shape index (κ2) is 5.95. The molecule has 110 valence electrons. The van der Waals surface area contributed by atoms with E-state index >= 15 is 0 Å². The van der Waals surface area contributed by atoms with Crippen LogP contribution in [0, 0.1) is 11.8 Å². The number of nitrogens with two attached hydrogens (primary N) is 1. The molecule has 2 saturated carbocycles. The van der Waals surface area contributed by atoms with Gasteiger partial charge < -0.3 is 10.7 Å². The second-order valence-corrected chi connectivity index (χ2v) is 6.42. The monoisotopic (exact) mass is 275 g/mol. The first kappa shape index (κ1) is 13.6. The molecule has 5 nitrogen and oxygen atoms in total. The number of nitrogens with one attached hydrogen (secondary N) is 2. The van der Waals surface area contributed by atoms with Gasteiger partial charge in [0.25, 0.3) is 0 Å². The Bertz CT molecular complexity index is 450. The van der Waals surface area contributed by atoms with Gasteiger partial charge in [0.1, 0.15) is 17.5 Å². The first-order valence-electron chi connectivity index (χ1n) is 7.84. The highest BCUT2D eigenvalue weighted by Crippen LogP contribution is 2.38. The summed E-state index contributed by atoms with van der Waals surface area (Å²) in [5, 5.41) is 3.48. The van der Waals surface area contributed by atoms with E-state index in [1.54, 1.807) is 0 Å². The first-order chi connectivity index (χ1) is 9.74.